The molecule has 2 N–H and O–H groups in total. The van der Waals surface area contributed by atoms with Gasteiger partial charge in [0.05, 0.1) is 11.8 Å². The third kappa shape index (κ3) is 2.93. The van der Waals surface area contributed by atoms with Crippen LogP contribution in [0.1, 0.15) is 30.0 Å². The molecule has 1 heterocycles. The molecule has 1 saturated carbocycles. The first kappa shape index (κ1) is 16.9. The van der Waals surface area contributed by atoms with Gasteiger partial charge in [0, 0.05) is 30.7 Å². The molecule has 1 aliphatic rings. The van der Waals surface area contributed by atoms with E-state index in [0.29, 0.717) is 17.1 Å². The third-order valence-corrected chi connectivity index (χ3v) is 4.81. The van der Waals surface area contributed by atoms with Crippen LogP contribution in [0, 0.1) is 17.3 Å². The summed E-state index contributed by atoms with van der Waals surface area (Å²) < 4.78 is 1.64. The number of anilines is 1. The number of nitrogens with one attached hydrogen (secondary N) is 1. The number of ketones is 1. The number of amides is 1. The van der Waals surface area contributed by atoms with Crippen molar-refractivity contribution in [2.75, 3.05) is 5.32 Å². The van der Waals surface area contributed by atoms with Crippen LogP contribution < -0.4 is 5.32 Å². The number of hydrogen-bond acceptors (Lipinski definition) is 4. The summed E-state index contributed by atoms with van der Waals surface area (Å²) in [5, 5.41) is 11.9. The van der Waals surface area contributed by atoms with Gasteiger partial charge >= 0.3 is 5.97 Å². The average Bonchev–Trinajstić information content (AvgIpc) is 2.90. The molecule has 1 aliphatic carbocycles. The van der Waals surface area contributed by atoms with Crippen LogP contribution in [0.5, 0.6) is 0 Å². The maximum atomic E-state index is 12.3. The topological polar surface area (TPSA) is 101 Å². The second kappa shape index (κ2) is 5.84. The number of nitrogens with zero attached hydrogens (tertiary/aromatic N) is 2. The summed E-state index contributed by atoms with van der Waals surface area (Å²) in [6.07, 6.45) is 3.25. The number of hydrogen-bond donors (Lipinski definition) is 2. The highest BCUT2D eigenvalue weighted by Crippen LogP contribution is 2.58. The Morgan fingerprint density at radius 3 is 2.28 bits per heavy atom. The molecule has 1 amide bonds. The smallest absolute Gasteiger partial charge is 0.307 e. The number of rotatable bonds is 5. The summed E-state index contributed by atoms with van der Waals surface area (Å²) in [6.45, 7) is 3.54. The molecule has 0 spiro atoms. The molecule has 1 aromatic heterocycles. The second-order valence-corrected chi connectivity index (χ2v) is 6.87. The van der Waals surface area contributed by atoms with Crippen LogP contribution in [0.3, 0.4) is 0 Å². The number of aryl methyl sites for hydroxylation is 1. The number of carboxylic acids is 1. The highest BCUT2D eigenvalue weighted by molar-refractivity contribution is 6.07. The van der Waals surface area contributed by atoms with Crippen LogP contribution >= 0.6 is 0 Å². The van der Waals surface area contributed by atoms with Gasteiger partial charge in [-0.05, 0) is 29.7 Å². The molecule has 7 nitrogen and oxygen atoms in total. The minimum atomic E-state index is -0.957. The van der Waals surface area contributed by atoms with E-state index in [1.54, 1.807) is 62.1 Å². The van der Waals surface area contributed by atoms with Crippen LogP contribution in [0.4, 0.5) is 5.69 Å². The van der Waals surface area contributed by atoms with Crippen molar-refractivity contribution in [2.24, 2.45) is 24.3 Å². The zero-order valence-electron chi connectivity index (χ0n) is 14.2. The van der Waals surface area contributed by atoms with Crippen LogP contribution in [0.15, 0.2) is 36.7 Å². The lowest BCUT2D eigenvalue weighted by Crippen LogP contribution is -2.17. The van der Waals surface area contributed by atoms with E-state index >= 15 is 0 Å². The molecule has 0 aliphatic heterocycles. The molecule has 2 aromatic rings. The van der Waals surface area contributed by atoms with E-state index in [4.69, 9.17) is 5.11 Å². The maximum absolute atomic E-state index is 12.3. The number of aromatic nitrogens is 2. The molecule has 0 bridgehead atoms. The molecular formula is C18H19N3O4. The van der Waals surface area contributed by atoms with Crippen molar-refractivity contribution < 1.29 is 19.5 Å². The predicted octanol–water partition coefficient (Wildman–Crippen LogP) is 1.95. The Morgan fingerprint density at radius 2 is 1.80 bits per heavy atom. The van der Waals surface area contributed by atoms with Gasteiger partial charge < -0.3 is 15.0 Å². The second-order valence-electron chi connectivity index (χ2n) is 6.87. The SMILES string of the molecule is Cn1ccnc1C(=O)c1ccc(NC(=O)C2C(C(=O)O)C2(C)C)cc1. The summed E-state index contributed by atoms with van der Waals surface area (Å²) in [6, 6.07) is 6.47. The fourth-order valence-electron chi connectivity index (χ4n) is 3.23. The largest absolute Gasteiger partial charge is 0.481 e. The third-order valence-electron chi connectivity index (χ3n) is 4.81. The maximum Gasteiger partial charge on any atom is 0.307 e. The van der Waals surface area contributed by atoms with Crippen molar-refractivity contribution in [3.8, 4) is 0 Å². The van der Waals surface area contributed by atoms with Crippen molar-refractivity contribution in [1.82, 2.24) is 9.55 Å². The first-order valence-electron chi connectivity index (χ1n) is 7.89. The summed E-state index contributed by atoms with van der Waals surface area (Å²) in [7, 11) is 1.74. The molecule has 3 rings (SSSR count). The van der Waals surface area contributed by atoms with Gasteiger partial charge in [-0.1, -0.05) is 13.8 Å². The Bertz CT molecular complexity index is 851. The molecule has 130 valence electrons. The summed E-state index contributed by atoms with van der Waals surface area (Å²) >= 11 is 0. The average molecular weight is 341 g/mol. The van der Waals surface area contributed by atoms with Crippen molar-refractivity contribution in [2.45, 2.75) is 13.8 Å². The Balaban J connectivity index is 1.70. The highest BCUT2D eigenvalue weighted by Gasteiger charge is 2.65. The minimum Gasteiger partial charge on any atom is -0.481 e. The van der Waals surface area contributed by atoms with E-state index in [-0.39, 0.29) is 11.7 Å². The number of carbonyl (C=O) groups excluding carboxylic acids is 2. The van der Waals surface area contributed by atoms with Gasteiger partial charge in [-0.2, -0.15) is 0 Å². The van der Waals surface area contributed by atoms with Gasteiger partial charge in [-0.15, -0.1) is 0 Å². The van der Waals surface area contributed by atoms with Crippen LogP contribution in [0.25, 0.3) is 0 Å². The molecule has 2 unspecified atom stereocenters. The lowest BCUT2D eigenvalue weighted by molar-refractivity contribution is -0.140. The monoisotopic (exact) mass is 341 g/mol. The fraction of sp³-hybridized carbons (Fsp3) is 0.333. The van der Waals surface area contributed by atoms with E-state index in [9.17, 15) is 14.4 Å². The Morgan fingerprint density at radius 1 is 1.16 bits per heavy atom. The first-order chi connectivity index (χ1) is 11.7. The summed E-state index contributed by atoms with van der Waals surface area (Å²) in [4.78, 5) is 39.8. The van der Waals surface area contributed by atoms with Gasteiger partial charge in [-0.3, -0.25) is 14.4 Å². The lowest BCUT2D eigenvalue weighted by Gasteiger charge is -2.07. The molecule has 0 saturated heterocycles. The fourth-order valence-corrected chi connectivity index (χ4v) is 3.23. The normalized spacial score (nSPS) is 20.8. The molecule has 0 radical (unpaired) electrons. The van der Waals surface area contributed by atoms with E-state index < -0.39 is 23.2 Å². The van der Waals surface area contributed by atoms with E-state index in [1.165, 1.54) is 0 Å². The summed E-state index contributed by atoms with van der Waals surface area (Å²) in [5.41, 5.74) is 0.431. The van der Waals surface area contributed by atoms with Gasteiger partial charge in [0.25, 0.3) is 0 Å². The van der Waals surface area contributed by atoms with E-state index in [1.807, 2.05) is 0 Å². The minimum absolute atomic E-state index is 0.209. The van der Waals surface area contributed by atoms with E-state index in [0.717, 1.165) is 0 Å². The standard InChI is InChI=1S/C18H19N3O4/c1-18(2)12(13(18)17(24)25)16(23)20-11-6-4-10(5-7-11)14(22)15-19-8-9-21(15)3/h4-9,12-13H,1-3H3,(H,20,23)(H,24,25). The van der Waals surface area contributed by atoms with E-state index in [2.05, 4.69) is 10.3 Å². The number of aliphatic carboxylic acids is 1. The predicted molar refractivity (Wildman–Crippen MR) is 90.1 cm³/mol. The molecular weight excluding hydrogens is 322 g/mol. The Kier molecular flexibility index (Phi) is 3.94. The highest BCUT2D eigenvalue weighted by atomic mass is 16.4. The van der Waals surface area contributed by atoms with Crippen molar-refractivity contribution in [1.29, 1.82) is 0 Å². The van der Waals surface area contributed by atoms with Gasteiger partial charge in [0.15, 0.2) is 5.82 Å². The summed E-state index contributed by atoms with van der Waals surface area (Å²) in [5.74, 6) is -2.38. The quantitative estimate of drug-likeness (QED) is 0.810. The van der Waals surface area contributed by atoms with Crippen LogP contribution in [-0.4, -0.2) is 32.3 Å². The van der Waals surface area contributed by atoms with Gasteiger partial charge in [0.2, 0.25) is 11.7 Å². The first-order valence-corrected chi connectivity index (χ1v) is 7.89. The lowest BCUT2D eigenvalue weighted by atomic mass is 10.1. The Labute approximate surface area is 144 Å². The molecule has 1 fully saturated rings. The molecule has 7 heteroatoms. The van der Waals surface area contributed by atoms with Gasteiger partial charge in [-0.25, -0.2) is 4.98 Å². The number of carboxylic acid groups (broad SMARTS) is 1. The molecule has 2 atom stereocenters. The molecule has 1 aromatic carbocycles. The van der Waals surface area contributed by atoms with Crippen LogP contribution in [-0.2, 0) is 16.6 Å². The Hall–Kier alpha value is -2.96. The molecule has 25 heavy (non-hydrogen) atoms. The zero-order chi connectivity index (χ0) is 18.4. The number of carbonyl (C=O) groups is 3. The van der Waals surface area contributed by atoms with Crippen molar-refractivity contribution in [3.63, 3.8) is 0 Å². The van der Waals surface area contributed by atoms with Gasteiger partial charge in [0.1, 0.15) is 0 Å². The number of imidazole rings is 1. The van der Waals surface area contributed by atoms with Crippen molar-refractivity contribution >= 4 is 23.3 Å². The number of benzene rings is 1. The van der Waals surface area contributed by atoms with Crippen LogP contribution in [0.2, 0.25) is 0 Å². The zero-order valence-corrected chi connectivity index (χ0v) is 14.2. The van der Waals surface area contributed by atoms with Crippen molar-refractivity contribution in [3.05, 3.63) is 48.0 Å².